The molecule has 5 heteroatoms. The first kappa shape index (κ1) is 14.6. The molecular formula is C12H17Cl2NO2. The van der Waals surface area contributed by atoms with Crippen molar-refractivity contribution in [2.45, 2.75) is 19.4 Å². The van der Waals surface area contributed by atoms with Crippen molar-refractivity contribution in [3.8, 4) is 5.75 Å². The van der Waals surface area contributed by atoms with E-state index in [2.05, 4.69) is 0 Å². The highest BCUT2D eigenvalue weighted by Crippen LogP contribution is 2.27. The van der Waals surface area contributed by atoms with Crippen molar-refractivity contribution in [1.82, 2.24) is 0 Å². The van der Waals surface area contributed by atoms with Crippen LogP contribution in [-0.2, 0) is 4.74 Å². The Labute approximate surface area is 112 Å². The van der Waals surface area contributed by atoms with Crippen molar-refractivity contribution < 1.29 is 9.47 Å². The summed E-state index contributed by atoms with van der Waals surface area (Å²) in [5.74, 6) is 0.628. The van der Waals surface area contributed by atoms with E-state index in [1.54, 1.807) is 18.2 Å². The number of halogens is 2. The molecule has 0 saturated carbocycles. The van der Waals surface area contributed by atoms with Gasteiger partial charge in [-0.15, -0.1) is 0 Å². The molecule has 0 aliphatic carbocycles. The second-order valence-corrected chi connectivity index (χ2v) is 4.37. The van der Waals surface area contributed by atoms with Gasteiger partial charge in [0.2, 0.25) is 0 Å². The van der Waals surface area contributed by atoms with Crippen molar-refractivity contribution in [1.29, 1.82) is 0 Å². The molecule has 0 bridgehead atoms. The van der Waals surface area contributed by atoms with Gasteiger partial charge in [0.05, 0.1) is 17.7 Å². The van der Waals surface area contributed by atoms with E-state index in [1.165, 1.54) is 0 Å². The van der Waals surface area contributed by atoms with Gasteiger partial charge >= 0.3 is 0 Å². The predicted molar refractivity (Wildman–Crippen MR) is 71.0 cm³/mol. The summed E-state index contributed by atoms with van der Waals surface area (Å²) in [5, 5.41) is 1.11. The summed E-state index contributed by atoms with van der Waals surface area (Å²) in [7, 11) is 0. The number of benzene rings is 1. The second kappa shape index (κ2) is 7.77. The fraction of sp³-hybridized carbons (Fsp3) is 0.500. The Kier molecular flexibility index (Phi) is 6.66. The molecule has 0 heterocycles. The third kappa shape index (κ3) is 5.13. The minimum absolute atomic E-state index is 0.0334. The SMILES string of the molecule is CCOC(CN)CCOc1ccc(Cl)cc1Cl. The lowest BCUT2D eigenvalue weighted by Gasteiger charge is -2.15. The Morgan fingerprint density at radius 1 is 1.35 bits per heavy atom. The highest BCUT2D eigenvalue weighted by Gasteiger charge is 2.07. The van der Waals surface area contributed by atoms with Crippen LogP contribution in [0.15, 0.2) is 18.2 Å². The fourth-order valence-electron chi connectivity index (χ4n) is 1.40. The average Bonchev–Trinajstić information content (AvgIpc) is 2.30. The Balaban J connectivity index is 2.39. The first-order valence-corrected chi connectivity index (χ1v) is 6.32. The first-order valence-electron chi connectivity index (χ1n) is 5.57. The number of hydrogen-bond acceptors (Lipinski definition) is 3. The molecule has 0 radical (unpaired) electrons. The molecule has 1 aromatic carbocycles. The summed E-state index contributed by atoms with van der Waals surface area (Å²) in [4.78, 5) is 0. The van der Waals surface area contributed by atoms with Crippen LogP contribution in [0.1, 0.15) is 13.3 Å². The van der Waals surface area contributed by atoms with E-state index in [4.69, 9.17) is 38.4 Å². The van der Waals surface area contributed by atoms with Gasteiger partial charge in [0.1, 0.15) is 5.75 Å². The van der Waals surface area contributed by atoms with Crippen molar-refractivity contribution in [3.05, 3.63) is 28.2 Å². The third-order valence-corrected chi connectivity index (χ3v) is 2.79. The van der Waals surface area contributed by atoms with E-state index in [0.29, 0.717) is 35.6 Å². The van der Waals surface area contributed by atoms with Crippen molar-refractivity contribution >= 4 is 23.2 Å². The zero-order valence-electron chi connectivity index (χ0n) is 9.79. The monoisotopic (exact) mass is 277 g/mol. The van der Waals surface area contributed by atoms with Crippen molar-refractivity contribution in [2.75, 3.05) is 19.8 Å². The molecule has 0 spiro atoms. The smallest absolute Gasteiger partial charge is 0.137 e. The molecule has 0 saturated heterocycles. The van der Waals surface area contributed by atoms with Gasteiger partial charge in [-0.3, -0.25) is 0 Å². The third-order valence-electron chi connectivity index (χ3n) is 2.26. The van der Waals surface area contributed by atoms with Gasteiger partial charge < -0.3 is 15.2 Å². The largest absolute Gasteiger partial charge is 0.492 e. The highest BCUT2D eigenvalue weighted by molar-refractivity contribution is 6.35. The van der Waals surface area contributed by atoms with Crippen LogP contribution in [0, 0.1) is 0 Å². The highest BCUT2D eigenvalue weighted by atomic mass is 35.5. The maximum Gasteiger partial charge on any atom is 0.137 e. The molecule has 0 amide bonds. The van der Waals surface area contributed by atoms with E-state index in [9.17, 15) is 0 Å². The second-order valence-electron chi connectivity index (χ2n) is 3.52. The van der Waals surface area contributed by atoms with Crippen molar-refractivity contribution in [2.24, 2.45) is 5.73 Å². The molecule has 0 aliphatic rings. The summed E-state index contributed by atoms with van der Waals surface area (Å²) >= 11 is 11.8. The van der Waals surface area contributed by atoms with Gasteiger partial charge in [0.25, 0.3) is 0 Å². The van der Waals surface area contributed by atoms with Gasteiger partial charge in [-0.2, -0.15) is 0 Å². The molecule has 0 fully saturated rings. The van der Waals surface area contributed by atoms with Gasteiger partial charge in [-0.1, -0.05) is 23.2 Å². The normalized spacial score (nSPS) is 12.5. The van der Waals surface area contributed by atoms with Gasteiger partial charge in [0.15, 0.2) is 0 Å². The van der Waals surface area contributed by atoms with E-state index in [0.717, 1.165) is 6.42 Å². The van der Waals surface area contributed by atoms with E-state index >= 15 is 0 Å². The molecule has 1 unspecified atom stereocenters. The standard InChI is InChI=1S/C12H17Cl2NO2/c1-2-16-10(8-15)5-6-17-12-4-3-9(13)7-11(12)14/h3-4,7,10H,2,5-6,8,15H2,1H3. The lowest BCUT2D eigenvalue weighted by Crippen LogP contribution is -2.25. The molecule has 1 aromatic rings. The molecular weight excluding hydrogens is 261 g/mol. The van der Waals surface area contributed by atoms with E-state index in [1.807, 2.05) is 6.92 Å². The Morgan fingerprint density at radius 3 is 2.71 bits per heavy atom. The Bertz CT molecular complexity index is 347. The summed E-state index contributed by atoms with van der Waals surface area (Å²) in [6, 6.07) is 5.15. The molecule has 0 aromatic heterocycles. The topological polar surface area (TPSA) is 44.5 Å². The van der Waals surface area contributed by atoms with Crippen LogP contribution < -0.4 is 10.5 Å². The molecule has 96 valence electrons. The lowest BCUT2D eigenvalue weighted by atomic mass is 10.2. The quantitative estimate of drug-likeness (QED) is 0.833. The van der Waals surface area contributed by atoms with Crippen LogP contribution >= 0.6 is 23.2 Å². The number of nitrogens with two attached hydrogens (primary N) is 1. The van der Waals surface area contributed by atoms with Crippen LogP contribution in [0.3, 0.4) is 0 Å². The molecule has 17 heavy (non-hydrogen) atoms. The van der Waals surface area contributed by atoms with Crippen molar-refractivity contribution in [3.63, 3.8) is 0 Å². The van der Waals surface area contributed by atoms with Gasteiger partial charge in [-0.25, -0.2) is 0 Å². The fourth-order valence-corrected chi connectivity index (χ4v) is 1.86. The number of ether oxygens (including phenoxy) is 2. The predicted octanol–water partition coefficient (Wildman–Crippen LogP) is 3.13. The molecule has 3 nitrogen and oxygen atoms in total. The summed E-state index contributed by atoms with van der Waals surface area (Å²) in [6.45, 7) is 3.61. The number of hydrogen-bond donors (Lipinski definition) is 1. The maximum atomic E-state index is 5.97. The minimum atomic E-state index is 0.0334. The van der Waals surface area contributed by atoms with Crippen LogP contribution in [0.4, 0.5) is 0 Å². The van der Waals surface area contributed by atoms with Crippen LogP contribution in [0.5, 0.6) is 5.75 Å². The van der Waals surface area contributed by atoms with Gasteiger partial charge in [-0.05, 0) is 25.1 Å². The molecule has 1 rings (SSSR count). The van der Waals surface area contributed by atoms with E-state index in [-0.39, 0.29) is 6.10 Å². The Morgan fingerprint density at radius 2 is 2.12 bits per heavy atom. The van der Waals surface area contributed by atoms with Crippen LogP contribution in [0.2, 0.25) is 10.0 Å². The Hall–Kier alpha value is -0.480. The summed E-state index contributed by atoms with van der Waals surface area (Å²) in [5.41, 5.74) is 5.56. The molecule has 0 aliphatic heterocycles. The lowest BCUT2D eigenvalue weighted by molar-refractivity contribution is 0.0527. The number of rotatable bonds is 7. The van der Waals surface area contributed by atoms with Gasteiger partial charge in [0, 0.05) is 24.6 Å². The van der Waals surface area contributed by atoms with E-state index < -0.39 is 0 Å². The first-order chi connectivity index (χ1) is 8.17. The zero-order valence-corrected chi connectivity index (χ0v) is 11.3. The van der Waals surface area contributed by atoms with Crippen LogP contribution in [-0.4, -0.2) is 25.9 Å². The average molecular weight is 278 g/mol. The molecule has 1 atom stereocenters. The van der Waals surface area contributed by atoms with Crippen LogP contribution in [0.25, 0.3) is 0 Å². The molecule has 2 N–H and O–H groups in total. The minimum Gasteiger partial charge on any atom is -0.492 e. The summed E-state index contributed by atoms with van der Waals surface area (Å²) < 4.78 is 11.0. The summed E-state index contributed by atoms with van der Waals surface area (Å²) in [6.07, 6.45) is 0.773. The zero-order chi connectivity index (χ0) is 12.7. The maximum absolute atomic E-state index is 5.97.